The molecule has 0 spiro atoms. The molecule has 156 valence electrons. The molecule has 0 bridgehead atoms. The van der Waals surface area contributed by atoms with Gasteiger partial charge in [0.15, 0.2) is 5.69 Å². The standard InChI is InChI=1S/C23H21N5O2S/c1-3-4-13-31-23-25-21-20(26-27-23)18-11-7-8-12-19(18)28(15(2)29)22(30-21)17-10-6-5-9-16(17)14-24/h5-12,22H,3-4,13H2,1-2H3/t22-/m0/s1. The van der Waals surface area contributed by atoms with Gasteiger partial charge in [-0.1, -0.05) is 61.5 Å². The molecule has 2 heterocycles. The number of rotatable bonds is 5. The minimum atomic E-state index is -0.860. The third-order valence-electron chi connectivity index (χ3n) is 4.93. The van der Waals surface area contributed by atoms with E-state index in [2.05, 4.69) is 28.2 Å². The molecule has 0 unspecified atom stereocenters. The Morgan fingerprint density at radius 1 is 1.19 bits per heavy atom. The number of fused-ring (bicyclic) bond motifs is 3. The SMILES string of the molecule is CCCCSc1nnc2c(n1)O[C@@H](c1ccccc1C#N)N(C(C)=O)c1ccccc1-2. The first-order chi connectivity index (χ1) is 15.1. The number of benzene rings is 2. The number of anilines is 1. The number of nitrogens with zero attached hydrogens (tertiary/aromatic N) is 5. The van der Waals surface area contributed by atoms with E-state index in [0.717, 1.165) is 18.6 Å². The monoisotopic (exact) mass is 431 g/mol. The van der Waals surface area contributed by atoms with Gasteiger partial charge in [0.25, 0.3) is 0 Å². The van der Waals surface area contributed by atoms with E-state index in [4.69, 9.17) is 4.74 Å². The van der Waals surface area contributed by atoms with Gasteiger partial charge in [-0.15, -0.1) is 10.2 Å². The van der Waals surface area contributed by atoms with Crippen LogP contribution in [0.3, 0.4) is 0 Å². The van der Waals surface area contributed by atoms with Crippen LogP contribution >= 0.6 is 11.8 Å². The molecule has 1 aliphatic heterocycles. The van der Waals surface area contributed by atoms with Crippen molar-refractivity contribution < 1.29 is 9.53 Å². The third-order valence-corrected chi connectivity index (χ3v) is 5.85. The molecule has 0 radical (unpaired) electrons. The minimum absolute atomic E-state index is 0.219. The summed E-state index contributed by atoms with van der Waals surface area (Å²) in [6, 6.07) is 16.7. The summed E-state index contributed by atoms with van der Waals surface area (Å²) in [5, 5.41) is 18.8. The number of para-hydroxylation sites is 1. The van der Waals surface area contributed by atoms with Crippen molar-refractivity contribution in [2.45, 2.75) is 38.1 Å². The van der Waals surface area contributed by atoms with Gasteiger partial charge in [0, 0.05) is 23.8 Å². The second-order valence-electron chi connectivity index (χ2n) is 7.03. The largest absolute Gasteiger partial charge is 0.447 e. The summed E-state index contributed by atoms with van der Waals surface area (Å²) >= 11 is 1.52. The van der Waals surface area contributed by atoms with E-state index < -0.39 is 6.23 Å². The van der Waals surface area contributed by atoms with Gasteiger partial charge in [0.05, 0.1) is 17.3 Å². The highest BCUT2D eigenvalue weighted by Crippen LogP contribution is 2.43. The summed E-state index contributed by atoms with van der Waals surface area (Å²) < 4.78 is 6.32. The number of hydrogen-bond donors (Lipinski definition) is 0. The van der Waals surface area contributed by atoms with Crippen molar-refractivity contribution in [3.05, 3.63) is 59.7 Å². The van der Waals surface area contributed by atoms with Crippen LogP contribution in [0.5, 0.6) is 5.88 Å². The van der Waals surface area contributed by atoms with Crippen LogP contribution in [0, 0.1) is 11.3 Å². The van der Waals surface area contributed by atoms with Crippen molar-refractivity contribution in [3.63, 3.8) is 0 Å². The van der Waals surface area contributed by atoms with Crippen LogP contribution in [0.15, 0.2) is 53.7 Å². The average Bonchev–Trinajstić information content (AvgIpc) is 2.93. The lowest BCUT2D eigenvalue weighted by atomic mass is 10.0. The maximum atomic E-state index is 12.8. The van der Waals surface area contributed by atoms with Gasteiger partial charge >= 0.3 is 0 Å². The zero-order chi connectivity index (χ0) is 21.8. The van der Waals surface area contributed by atoms with E-state index in [0.29, 0.717) is 39.1 Å². The maximum Gasteiger partial charge on any atom is 0.247 e. The van der Waals surface area contributed by atoms with E-state index >= 15 is 0 Å². The summed E-state index contributed by atoms with van der Waals surface area (Å²) in [6.07, 6.45) is 1.27. The third kappa shape index (κ3) is 4.09. The Balaban J connectivity index is 1.89. The number of carbonyl (C=O) groups is 1. The molecule has 0 fully saturated rings. The van der Waals surface area contributed by atoms with Crippen LogP contribution < -0.4 is 9.64 Å². The first kappa shape index (κ1) is 20.8. The summed E-state index contributed by atoms with van der Waals surface area (Å²) in [7, 11) is 0. The van der Waals surface area contributed by atoms with Gasteiger partial charge in [0.1, 0.15) is 0 Å². The summed E-state index contributed by atoms with van der Waals surface area (Å²) in [5.74, 6) is 0.958. The lowest BCUT2D eigenvalue weighted by Crippen LogP contribution is -2.36. The molecule has 1 aliphatic rings. The number of ether oxygens (including phenoxy) is 1. The van der Waals surface area contributed by atoms with Crippen molar-refractivity contribution >= 4 is 23.4 Å². The molecule has 8 heteroatoms. The number of unbranched alkanes of at least 4 members (excludes halogenated alkanes) is 1. The fourth-order valence-corrected chi connectivity index (χ4v) is 4.30. The van der Waals surface area contributed by atoms with Gasteiger partial charge < -0.3 is 4.74 Å². The minimum Gasteiger partial charge on any atom is -0.447 e. The van der Waals surface area contributed by atoms with Crippen LogP contribution in [0.2, 0.25) is 0 Å². The van der Waals surface area contributed by atoms with Crippen LogP contribution in [0.4, 0.5) is 5.69 Å². The Morgan fingerprint density at radius 2 is 1.97 bits per heavy atom. The molecule has 0 saturated heterocycles. The molecule has 1 aromatic heterocycles. The molecule has 0 N–H and O–H groups in total. The Bertz CT molecular complexity index is 1160. The lowest BCUT2D eigenvalue weighted by Gasteiger charge is -2.30. The quantitative estimate of drug-likeness (QED) is 0.425. The number of hydrogen-bond acceptors (Lipinski definition) is 7. The summed E-state index contributed by atoms with van der Waals surface area (Å²) in [4.78, 5) is 18.9. The molecule has 0 aliphatic carbocycles. The van der Waals surface area contributed by atoms with E-state index in [9.17, 15) is 10.1 Å². The van der Waals surface area contributed by atoms with Crippen molar-refractivity contribution in [2.75, 3.05) is 10.7 Å². The molecule has 2 aromatic carbocycles. The van der Waals surface area contributed by atoms with Crippen LogP contribution in [0.25, 0.3) is 11.3 Å². The van der Waals surface area contributed by atoms with Crippen molar-refractivity contribution in [1.82, 2.24) is 15.2 Å². The van der Waals surface area contributed by atoms with Crippen LogP contribution in [-0.4, -0.2) is 26.8 Å². The Labute approximate surface area is 185 Å². The van der Waals surface area contributed by atoms with E-state index in [-0.39, 0.29) is 5.91 Å². The van der Waals surface area contributed by atoms with E-state index in [1.807, 2.05) is 30.3 Å². The first-order valence-corrected chi connectivity index (χ1v) is 11.0. The molecule has 4 rings (SSSR count). The molecule has 1 atom stereocenters. The predicted octanol–water partition coefficient (Wildman–Crippen LogP) is 4.75. The maximum absolute atomic E-state index is 12.8. The highest BCUT2D eigenvalue weighted by atomic mass is 32.2. The molecular formula is C23H21N5O2S. The smallest absolute Gasteiger partial charge is 0.247 e. The first-order valence-electron chi connectivity index (χ1n) is 10.1. The Hall–Kier alpha value is -3.44. The fourth-order valence-electron chi connectivity index (χ4n) is 3.44. The topological polar surface area (TPSA) is 92.0 Å². The predicted molar refractivity (Wildman–Crippen MR) is 119 cm³/mol. The zero-order valence-electron chi connectivity index (χ0n) is 17.3. The highest BCUT2D eigenvalue weighted by molar-refractivity contribution is 7.99. The van der Waals surface area contributed by atoms with Crippen molar-refractivity contribution in [3.8, 4) is 23.2 Å². The van der Waals surface area contributed by atoms with E-state index in [1.54, 1.807) is 23.1 Å². The van der Waals surface area contributed by atoms with Crippen LogP contribution in [-0.2, 0) is 4.79 Å². The van der Waals surface area contributed by atoms with Crippen molar-refractivity contribution in [1.29, 1.82) is 5.26 Å². The van der Waals surface area contributed by atoms with Gasteiger partial charge in [0.2, 0.25) is 23.2 Å². The second-order valence-corrected chi connectivity index (χ2v) is 8.09. The Kier molecular flexibility index (Phi) is 6.14. The number of amides is 1. The highest BCUT2D eigenvalue weighted by Gasteiger charge is 2.35. The molecule has 3 aromatic rings. The lowest BCUT2D eigenvalue weighted by molar-refractivity contribution is -0.118. The van der Waals surface area contributed by atoms with Gasteiger partial charge in [-0.3, -0.25) is 9.69 Å². The number of thioether (sulfide) groups is 1. The second kappa shape index (κ2) is 9.14. The summed E-state index contributed by atoms with van der Waals surface area (Å²) in [6.45, 7) is 3.60. The van der Waals surface area contributed by atoms with Gasteiger partial charge in [-0.05, 0) is 18.6 Å². The zero-order valence-corrected chi connectivity index (χ0v) is 18.1. The van der Waals surface area contributed by atoms with Crippen LogP contribution in [0.1, 0.15) is 44.0 Å². The van der Waals surface area contributed by atoms with Gasteiger partial charge in [-0.25, -0.2) is 0 Å². The molecule has 0 saturated carbocycles. The Morgan fingerprint density at radius 3 is 2.74 bits per heavy atom. The van der Waals surface area contributed by atoms with Gasteiger partial charge in [-0.2, -0.15) is 10.2 Å². The fraction of sp³-hybridized carbons (Fsp3) is 0.261. The molecule has 1 amide bonds. The molecular weight excluding hydrogens is 410 g/mol. The summed E-state index contributed by atoms with van der Waals surface area (Å²) in [5.41, 5.74) is 2.82. The van der Waals surface area contributed by atoms with Crippen molar-refractivity contribution in [2.24, 2.45) is 0 Å². The number of carbonyl (C=O) groups excluding carboxylic acids is 1. The average molecular weight is 432 g/mol. The normalized spacial score (nSPS) is 14.6. The molecule has 31 heavy (non-hydrogen) atoms. The number of nitriles is 1. The number of aromatic nitrogens is 3. The molecule has 7 nitrogen and oxygen atoms in total. The van der Waals surface area contributed by atoms with E-state index in [1.165, 1.54) is 18.7 Å².